The molecular formula is C12H21N3OS. The number of nitrogens with one attached hydrogen (secondary N) is 1. The molecule has 1 aliphatic rings. The topological polar surface area (TPSA) is 37.4 Å². The van der Waals surface area contributed by atoms with E-state index in [1.54, 1.807) is 11.3 Å². The van der Waals surface area contributed by atoms with Gasteiger partial charge in [-0.05, 0) is 20.9 Å². The van der Waals surface area contributed by atoms with Crippen LogP contribution in [0.1, 0.15) is 24.5 Å². The van der Waals surface area contributed by atoms with Gasteiger partial charge in [-0.15, -0.1) is 11.3 Å². The maximum atomic E-state index is 5.53. The van der Waals surface area contributed by atoms with E-state index in [-0.39, 0.29) is 5.54 Å². The molecule has 1 aromatic heterocycles. The van der Waals surface area contributed by atoms with Crippen molar-refractivity contribution in [3.63, 3.8) is 0 Å². The predicted octanol–water partition coefficient (Wildman–Crippen LogP) is 1.47. The van der Waals surface area contributed by atoms with Crippen LogP contribution in [0.2, 0.25) is 0 Å². The number of aromatic nitrogens is 1. The van der Waals surface area contributed by atoms with Crippen molar-refractivity contribution in [2.45, 2.75) is 32.5 Å². The molecule has 0 atom stereocenters. The summed E-state index contributed by atoms with van der Waals surface area (Å²) in [6.07, 6.45) is 0. The Morgan fingerprint density at radius 3 is 3.12 bits per heavy atom. The molecule has 0 aromatic carbocycles. The number of hydrogen-bond acceptors (Lipinski definition) is 5. The molecule has 1 saturated heterocycles. The number of ether oxygens (including phenoxy) is 1. The molecule has 5 heteroatoms. The van der Waals surface area contributed by atoms with Crippen LogP contribution in [0.3, 0.4) is 0 Å². The summed E-state index contributed by atoms with van der Waals surface area (Å²) >= 11 is 1.73. The number of morpholine rings is 1. The van der Waals surface area contributed by atoms with Crippen molar-refractivity contribution in [2.75, 3.05) is 26.8 Å². The number of hydrogen-bond donors (Lipinski definition) is 1. The highest BCUT2D eigenvalue weighted by molar-refractivity contribution is 7.09. The Bertz CT molecular complexity index is 364. The Hall–Kier alpha value is -0.490. The van der Waals surface area contributed by atoms with Gasteiger partial charge in [-0.2, -0.15) is 0 Å². The molecule has 1 N–H and O–H groups in total. The first kappa shape index (κ1) is 13.0. The van der Waals surface area contributed by atoms with Crippen molar-refractivity contribution in [2.24, 2.45) is 0 Å². The summed E-state index contributed by atoms with van der Waals surface area (Å²) in [4.78, 5) is 7.09. The third kappa shape index (κ3) is 3.25. The van der Waals surface area contributed by atoms with Crippen LogP contribution in [0, 0.1) is 0 Å². The molecule has 1 aliphatic heterocycles. The second-order valence-electron chi connectivity index (χ2n) is 5.05. The van der Waals surface area contributed by atoms with Crippen LogP contribution in [-0.2, 0) is 17.8 Å². The summed E-state index contributed by atoms with van der Waals surface area (Å²) in [5.41, 5.74) is 1.29. The zero-order valence-corrected chi connectivity index (χ0v) is 11.6. The van der Waals surface area contributed by atoms with Crippen molar-refractivity contribution in [3.8, 4) is 0 Å². The zero-order chi connectivity index (χ0) is 12.3. The Labute approximate surface area is 107 Å². The summed E-state index contributed by atoms with van der Waals surface area (Å²) < 4.78 is 5.53. The van der Waals surface area contributed by atoms with Crippen LogP contribution in [-0.4, -0.2) is 42.2 Å². The van der Waals surface area contributed by atoms with Gasteiger partial charge in [0.25, 0.3) is 0 Å². The molecule has 2 heterocycles. The lowest BCUT2D eigenvalue weighted by Gasteiger charge is -2.41. The maximum absolute atomic E-state index is 5.53. The van der Waals surface area contributed by atoms with E-state index in [0.29, 0.717) is 0 Å². The quantitative estimate of drug-likeness (QED) is 0.884. The molecular weight excluding hydrogens is 234 g/mol. The van der Waals surface area contributed by atoms with Gasteiger partial charge in [0.2, 0.25) is 0 Å². The molecule has 0 bridgehead atoms. The highest BCUT2D eigenvalue weighted by Gasteiger charge is 2.30. The Kier molecular flexibility index (Phi) is 4.14. The summed E-state index contributed by atoms with van der Waals surface area (Å²) in [7, 11) is 1.95. The first-order chi connectivity index (χ1) is 8.12. The van der Waals surface area contributed by atoms with E-state index in [9.17, 15) is 0 Å². The average Bonchev–Trinajstić information content (AvgIpc) is 2.70. The third-order valence-electron chi connectivity index (χ3n) is 3.10. The monoisotopic (exact) mass is 255 g/mol. The lowest BCUT2D eigenvalue weighted by Crippen LogP contribution is -2.52. The van der Waals surface area contributed by atoms with Gasteiger partial charge in [0.15, 0.2) is 0 Å². The number of nitrogens with zero attached hydrogens (tertiary/aromatic N) is 2. The lowest BCUT2D eigenvalue weighted by molar-refractivity contribution is -0.0557. The Balaban J connectivity index is 1.98. The second-order valence-corrected chi connectivity index (χ2v) is 5.99. The fourth-order valence-corrected chi connectivity index (χ4v) is 2.83. The van der Waals surface area contributed by atoms with Gasteiger partial charge in [0.05, 0.1) is 18.9 Å². The fourth-order valence-electron chi connectivity index (χ4n) is 2.03. The summed E-state index contributed by atoms with van der Waals surface area (Å²) in [6, 6.07) is 0. The van der Waals surface area contributed by atoms with Gasteiger partial charge in [0.1, 0.15) is 5.01 Å². The minimum Gasteiger partial charge on any atom is -0.378 e. The summed E-state index contributed by atoms with van der Waals surface area (Å²) in [5.74, 6) is 0. The van der Waals surface area contributed by atoms with Crippen LogP contribution < -0.4 is 5.32 Å². The van der Waals surface area contributed by atoms with E-state index >= 15 is 0 Å². The summed E-state index contributed by atoms with van der Waals surface area (Å²) in [6.45, 7) is 8.87. The average molecular weight is 255 g/mol. The van der Waals surface area contributed by atoms with Gasteiger partial charge in [-0.1, -0.05) is 0 Å². The molecule has 17 heavy (non-hydrogen) atoms. The predicted molar refractivity (Wildman–Crippen MR) is 70.2 cm³/mol. The van der Waals surface area contributed by atoms with Crippen LogP contribution in [0.4, 0.5) is 0 Å². The summed E-state index contributed by atoms with van der Waals surface area (Å²) in [5, 5.41) is 6.46. The van der Waals surface area contributed by atoms with E-state index in [0.717, 1.165) is 37.9 Å². The zero-order valence-electron chi connectivity index (χ0n) is 10.8. The van der Waals surface area contributed by atoms with E-state index in [1.165, 1.54) is 5.69 Å². The number of thiazole rings is 1. The largest absolute Gasteiger partial charge is 0.378 e. The van der Waals surface area contributed by atoms with Crippen molar-refractivity contribution in [1.29, 1.82) is 0 Å². The standard InChI is InChI=1S/C12H21N3OS/c1-12(2)9-16-5-4-15(12)7-10-8-17-11(14-10)6-13-3/h8,13H,4-7,9H2,1-3H3. The van der Waals surface area contributed by atoms with Gasteiger partial charge in [0, 0.05) is 30.6 Å². The SMILES string of the molecule is CNCc1nc(CN2CCOCC2(C)C)cs1. The smallest absolute Gasteiger partial charge is 0.107 e. The van der Waals surface area contributed by atoms with Crippen molar-refractivity contribution >= 4 is 11.3 Å². The molecule has 0 spiro atoms. The third-order valence-corrected chi connectivity index (χ3v) is 3.99. The molecule has 96 valence electrons. The van der Waals surface area contributed by atoms with Crippen LogP contribution in [0.25, 0.3) is 0 Å². The highest BCUT2D eigenvalue weighted by atomic mass is 32.1. The first-order valence-corrected chi connectivity index (χ1v) is 6.90. The number of rotatable bonds is 4. The van der Waals surface area contributed by atoms with Gasteiger partial charge < -0.3 is 10.1 Å². The molecule has 0 amide bonds. The van der Waals surface area contributed by atoms with Gasteiger partial charge in [-0.25, -0.2) is 4.98 Å². The second kappa shape index (κ2) is 5.44. The molecule has 0 saturated carbocycles. The van der Waals surface area contributed by atoms with Crippen molar-refractivity contribution < 1.29 is 4.74 Å². The molecule has 0 radical (unpaired) electrons. The van der Waals surface area contributed by atoms with Gasteiger partial charge in [-0.3, -0.25) is 4.90 Å². The minimum absolute atomic E-state index is 0.116. The van der Waals surface area contributed by atoms with E-state index in [1.807, 2.05) is 7.05 Å². The van der Waals surface area contributed by atoms with Crippen LogP contribution >= 0.6 is 11.3 Å². The van der Waals surface area contributed by atoms with Crippen molar-refractivity contribution in [3.05, 3.63) is 16.1 Å². The minimum atomic E-state index is 0.116. The highest BCUT2D eigenvalue weighted by Crippen LogP contribution is 2.22. The van der Waals surface area contributed by atoms with E-state index < -0.39 is 0 Å². The Morgan fingerprint density at radius 2 is 2.41 bits per heavy atom. The molecule has 0 unspecified atom stereocenters. The normalized spacial score (nSPS) is 20.6. The Morgan fingerprint density at radius 1 is 1.59 bits per heavy atom. The molecule has 0 aliphatic carbocycles. The maximum Gasteiger partial charge on any atom is 0.107 e. The molecule has 1 aromatic rings. The van der Waals surface area contributed by atoms with E-state index in [2.05, 4.69) is 34.4 Å². The van der Waals surface area contributed by atoms with Crippen LogP contribution in [0.15, 0.2) is 5.38 Å². The molecule has 4 nitrogen and oxygen atoms in total. The van der Waals surface area contributed by atoms with Crippen LogP contribution in [0.5, 0.6) is 0 Å². The first-order valence-electron chi connectivity index (χ1n) is 6.02. The molecule has 2 rings (SSSR count). The van der Waals surface area contributed by atoms with E-state index in [4.69, 9.17) is 4.74 Å². The lowest BCUT2D eigenvalue weighted by atomic mass is 10.0. The van der Waals surface area contributed by atoms with Crippen molar-refractivity contribution in [1.82, 2.24) is 15.2 Å². The van der Waals surface area contributed by atoms with Gasteiger partial charge >= 0.3 is 0 Å². The fraction of sp³-hybridized carbons (Fsp3) is 0.750. The molecule has 1 fully saturated rings.